The summed E-state index contributed by atoms with van der Waals surface area (Å²) in [6, 6.07) is 0. The molecule has 2 nitrogen and oxygen atoms in total. The second kappa shape index (κ2) is 19.1. The topological polar surface area (TPSA) is 40.1 Å². The van der Waals surface area contributed by atoms with Crippen molar-refractivity contribution in [2.45, 2.75) is 75.8 Å². The molecule has 0 rings (SSSR count). The van der Waals surface area contributed by atoms with Crippen molar-refractivity contribution in [2.75, 3.05) is 0 Å². The van der Waals surface area contributed by atoms with Gasteiger partial charge in [0.15, 0.2) is 0 Å². The monoisotopic (exact) mass is 268 g/mol. The predicted molar refractivity (Wildman–Crippen MR) is 78.9 cm³/mol. The molecule has 0 radical (unpaired) electrons. The molecule has 0 aliphatic carbocycles. The summed E-state index contributed by atoms with van der Waals surface area (Å²) < 4.78 is 0. The molecule has 0 N–H and O–H groups in total. The van der Waals surface area contributed by atoms with Crippen molar-refractivity contribution in [1.82, 2.24) is 0 Å². The first-order chi connectivity index (χ1) is 8.68. The van der Waals surface area contributed by atoms with Gasteiger partial charge in [0, 0.05) is 5.97 Å². The Morgan fingerprint density at radius 1 is 1.06 bits per heavy atom. The van der Waals surface area contributed by atoms with Gasteiger partial charge < -0.3 is 9.90 Å². The Balaban J connectivity index is 0. The van der Waals surface area contributed by atoms with Gasteiger partial charge in [0.1, 0.15) is 0 Å². The molecule has 0 atom stereocenters. The van der Waals surface area contributed by atoms with Crippen LogP contribution in [0.1, 0.15) is 65.2 Å². The first-order valence-electron chi connectivity index (χ1n) is 7.31. The van der Waals surface area contributed by atoms with E-state index in [9.17, 15) is 9.90 Å². The Labute approximate surface area is 120 Å². The Hall–Kier alpha value is -0.258. The van der Waals surface area contributed by atoms with E-state index in [4.69, 9.17) is 0 Å². The van der Waals surface area contributed by atoms with Crippen molar-refractivity contribution in [2.24, 2.45) is 0 Å². The fraction of sp³-hybridized carbons (Fsp3) is 0.800. The second-order valence-electron chi connectivity index (χ2n) is 4.43. The van der Waals surface area contributed by atoms with E-state index in [2.05, 4.69) is 20.4 Å². The van der Waals surface area contributed by atoms with E-state index in [1.807, 2.05) is 6.08 Å². The molecule has 0 aliphatic heterocycles. The van der Waals surface area contributed by atoms with Gasteiger partial charge in [-0.3, -0.25) is 0 Å². The van der Waals surface area contributed by atoms with Gasteiger partial charge in [0.05, 0.1) is 0 Å². The van der Waals surface area contributed by atoms with Gasteiger partial charge in [0.25, 0.3) is 0 Å². The third-order valence-corrected chi connectivity index (χ3v) is 3.77. The molecule has 18 heavy (non-hydrogen) atoms. The fourth-order valence-electron chi connectivity index (χ4n) is 1.55. The van der Waals surface area contributed by atoms with E-state index >= 15 is 0 Å². The van der Waals surface area contributed by atoms with Gasteiger partial charge in [-0.2, -0.15) is 0 Å². The van der Waals surface area contributed by atoms with Crippen LogP contribution in [0.2, 0.25) is 10.6 Å². The Bertz CT molecular complexity index is 179. The maximum absolute atomic E-state index is 10.1. The number of rotatable bonds is 11. The summed E-state index contributed by atoms with van der Waals surface area (Å²) in [4.78, 5) is 10.1. The summed E-state index contributed by atoms with van der Waals surface area (Å²) >= 11 is 0.815. The molecule has 0 amide bonds. The van der Waals surface area contributed by atoms with Crippen LogP contribution in [0.4, 0.5) is 0 Å². The van der Waals surface area contributed by atoms with Crippen LogP contribution in [-0.4, -0.2) is 21.2 Å². The van der Waals surface area contributed by atoms with Gasteiger partial charge in [-0.05, 0) is 25.7 Å². The molecule has 0 heterocycles. The van der Waals surface area contributed by atoms with Crippen LogP contribution in [-0.2, 0) is 4.79 Å². The van der Waals surface area contributed by atoms with E-state index in [-0.39, 0.29) is 6.42 Å². The van der Waals surface area contributed by atoms with E-state index < -0.39 is 5.97 Å². The molecular weight excluding hydrogens is 239 g/mol. The molecule has 0 saturated heterocycles. The zero-order valence-corrected chi connectivity index (χ0v) is 13.4. The number of carbonyl (C=O) groups is 1. The third-order valence-electron chi connectivity index (χ3n) is 2.62. The predicted octanol–water partition coefficient (Wildman–Crippen LogP) is 3.61. The third kappa shape index (κ3) is 24.8. The molecule has 0 bridgehead atoms. The zero-order valence-electron chi connectivity index (χ0n) is 12.2. The van der Waals surface area contributed by atoms with Crippen LogP contribution >= 0.6 is 0 Å². The molecule has 0 aromatic rings. The van der Waals surface area contributed by atoms with Crippen LogP contribution < -0.4 is 5.11 Å². The van der Waals surface area contributed by atoms with E-state index in [1.165, 1.54) is 29.8 Å². The molecule has 0 aromatic heterocycles. The molecule has 0 aliphatic rings. The summed E-state index contributed by atoms with van der Waals surface area (Å²) in [5, 5.41) is 12.9. The molecule has 0 saturated carbocycles. The Kier molecular flexibility index (Phi) is 21.3. The standard InChI is InChI=1S/C11H20O2.2C2H5.Al/c1-2-3-4-5-6-7-8-9-10-11(12)13;2*1-2;/h2H,1,3-10H2,(H,12,13);2*1H2,2H3;/q;;;+1/p-1. The molecule has 104 valence electrons. The average Bonchev–Trinajstić information content (AvgIpc) is 2.34. The van der Waals surface area contributed by atoms with Crippen molar-refractivity contribution >= 4 is 21.2 Å². The van der Waals surface area contributed by atoms with Crippen LogP contribution in [0.5, 0.6) is 0 Å². The summed E-state index contributed by atoms with van der Waals surface area (Å²) in [6.07, 6.45) is 9.83. The number of hydrogen-bond acceptors (Lipinski definition) is 2. The number of carboxylic acid groups (broad SMARTS) is 1. The van der Waals surface area contributed by atoms with Gasteiger partial charge in [0.2, 0.25) is 0 Å². The van der Waals surface area contributed by atoms with E-state index in [0.29, 0.717) is 0 Å². The molecule has 3 heteroatoms. The van der Waals surface area contributed by atoms with Crippen molar-refractivity contribution in [3.05, 3.63) is 12.7 Å². The summed E-state index contributed by atoms with van der Waals surface area (Å²) in [7, 11) is 0. The number of allylic oxidation sites excluding steroid dienone is 1. The average molecular weight is 268 g/mol. The molecule has 0 unspecified atom stereocenters. The van der Waals surface area contributed by atoms with Crippen molar-refractivity contribution < 1.29 is 9.90 Å². The quantitative estimate of drug-likeness (QED) is 0.326. The second-order valence-corrected chi connectivity index (χ2v) is 6.64. The van der Waals surface area contributed by atoms with Gasteiger partial charge >= 0.3 is 39.6 Å². The number of hydrogen-bond donors (Lipinski definition) is 0. The number of carboxylic acids is 1. The molecule has 0 fully saturated rings. The first kappa shape index (κ1) is 20.1. The van der Waals surface area contributed by atoms with Crippen LogP contribution in [0.3, 0.4) is 0 Å². The van der Waals surface area contributed by atoms with Crippen LogP contribution in [0.25, 0.3) is 0 Å². The van der Waals surface area contributed by atoms with Crippen LogP contribution in [0, 0.1) is 0 Å². The first-order valence-corrected chi connectivity index (χ1v) is 8.94. The van der Waals surface area contributed by atoms with Gasteiger partial charge in [-0.15, -0.1) is 6.58 Å². The normalized spacial score (nSPS) is 9.00. The number of carbonyl (C=O) groups excluding carboxylic acids is 1. The Morgan fingerprint density at radius 3 is 1.94 bits per heavy atom. The molecule has 0 aromatic carbocycles. The summed E-state index contributed by atoms with van der Waals surface area (Å²) in [5.74, 6) is -0.924. The minimum atomic E-state index is -0.924. The van der Waals surface area contributed by atoms with Gasteiger partial charge in [-0.1, -0.05) is 31.8 Å². The van der Waals surface area contributed by atoms with E-state index in [0.717, 1.165) is 40.9 Å². The SMILES string of the molecule is C=CCCCCCCCCC(=O)[O-].C[CH2][Al+][CH2]C. The maximum atomic E-state index is 10.1. The van der Waals surface area contributed by atoms with Crippen molar-refractivity contribution in [3.63, 3.8) is 0 Å². The van der Waals surface area contributed by atoms with Crippen molar-refractivity contribution in [1.29, 1.82) is 0 Å². The van der Waals surface area contributed by atoms with Gasteiger partial charge in [-0.25, -0.2) is 0 Å². The summed E-state index contributed by atoms with van der Waals surface area (Å²) in [6.45, 7) is 8.15. The molecule has 0 spiro atoms. The number of aliphatic carboxylic acids is 1. The number of unbranched alkanes of at least 4 members (excludes halogenated alkanes) is 6. The summed E-state index contributed by atoms with van der Waals surface area (Å²) in [5.41, 5.74) is 0. The van der Waals surface area contributed by atoms with Crippen molar-refractivity contribution in [3.8, 4) is 0 Å². The fourth-order valence-corrected chi connectivity index (χ4v) is 2.13. The molecular formula is C15H29AlO2. The minimum absolute atomic E-state index is 0.215. The van der Waals surface area contributed by atoms with E-state index in [1.54, 1.807) is 0 Å². The zero-order chi connectivity index (χ0) is 14.1. The Morgan fingerprint density at radius 2 is 1.56 bits per heavy atom. The van der Waals surface area contributed by atoms with Crippen LogP contribution in [0.15, 0.2) is 12.7 Å².